The monoisotopic (exact) mass is 558 g/mol. The maximum absolute atomic E-state index is 13.1. The predicted molar refractivity (Wildman–Crippen MR) is 164 cm³/mol. The second-order valence-electron chi connectivity index (χ2n) is 12.3. The number of carbonyl (C=O) groups is 1. The lowest BCUT2D eigenvalue weighted by Crippen LogP contribution is -2.41. The molecule has 3 aromatic rings. The molecule has 0 radical (unpaired) electrons. The second-order valence-corrected chi connectivity index (χ2v) is 13.1. The average molecular weight is 559 g/mol. The van der Waals surface area contributed by atoms with Crippen LogP contribution in [0.25, 0.3) is 11.3 Å². The number of carbonyl (C=O) groups excluding carboxylic acids is 1. The van der Waals surface area contributed by atoms with Crippen LogP contribution in [0.4, 0.5) is 5.13 Å². The fraction of sp³-hybridized carbons (Fsp3) is 0.515. The van der Waals surface area contributed by atoms with E-state index in [0.717, 1.165) is 70.8 Å². The number of nitrogens with zero attached hydrogens (tertiary/aromatic N) is 4. The largest absolute Gasteiger partial charge is 0.488 e. The van der Waals surface area contributed by atoms with Crippen molar-refractivity contribution >= 4 is 22.4 Å². The highest BCUT2D eigenvalue weighted by Gasteiger charge is 2.33. The van der Waals surface area contributed by atoms with Gasteiger partial charge in [0.1, 0.15) is 12.4 Å². The molecule has 0 spiro atoms. The molecule has 7 rings (SSSR count). The van der Waals surface area contributed by atoms with Crippen molar-refractivity contribution in [3.63, 3.8) is 0 Å². The van der Waals surface area contributed by atoms with Crippen molar-refractivity contribution in [1.82, 2.24) is 14.8 Å². The number of aromatic nitrogens is 1. The third-order valence-corrected chi connectivity index (χ3v) is 10.1. The summed E-state index contributed by atoms with van der Waals surface area (Å²) in [6.45, 7) is 7.41. The van der Waals surface area contributed by atoms with Crippen LogP contribution < -0.4 is 9.64 Å². The molecule has 2 bridgehead atoms. The summed E-state index contributed by atoms with van der Waals surface area (Å²) < 4.78 is 6.43. The van der Waals surface area contributed by atoms with Gasteiger partial charge in [-0.1, -0.05) is 24.1 Å². The van der Waals surface area contributed by atoms with Gasteiger partial charge in [0.2, 0.25) is 0 Å². The number of amides is 1. The lowest BCUT2D eigenvalue weighted by Gasteiger charge is -2.36. The van der Waals surface area contributed by atoms with E-state index < -0.39 is 0 Å². The molecule has 3 atom stereocenters. The Bertz CT molecular complexity index is 1360. The van der Waals surface area contributed by atoms with Crippen LogP contribution in [0.3, 0.4) is 0 Å². The van der Waals surface area contributed by atoms with Crippen LogP contribution in [-0.2, 0) is 6.61 Å². The van der Waals surface area contributed by atoms with E-state index in [4.69, 9.17) is 9.72 Å². The summed E-state index contributed by atoms with van der Waals surface area (Å²) in [5.41, 5.74) is 6.18. The molecule has 2 aromatic carbocycles. The zero-order valence-electron chi connectivity index (χ0n) is 24.4. The van der Waals surface area contributed by atoms with Gasteiger partial charge in [0.15, 0.2) is 5.13 Å². The van der Waals surface area contributed by atoms with Gasteiger partial charge in [0.05, 0.1) is 5.69 Å². The minimum atomic E-state index is 0.123. The zero-order valence-corrected chi connectivity index (χ0v) is 25.2. The lowest BCUT2D eigenvalue weighted by atomic mass is 9.95. The Kier molecular flexibility index (Phi) is 7.87. The van der Waals surface area contributed by atoms with Crippen molar-refractivity contribution in [2.75, 3.05) is 38.6 Å². The van der Waals surface area contributed by atoms with E-state index in [1.807, 2.05) is 23.1 Å². The van der Waals surface area contributed by atoms with Crippen molar-refractivity contribution in [2.24, 2.45) is 5.92 Å². The summed E-state index contributed by atoms with van der Waals surface area (Å²) in [5.74, 6) is 1.79. The SMILES string of the molecule is Cc1ccc(OCc2ccc(C(=O)N3CC[C@@H](N(C)C)C3)cc2C)c(-c2csc(N3CC4CCCC3CC4)n2)c1. The second kappa shape index (κ2) is 11.5. The quantitative estimate of drug-likeness (QED) is 0.329. The summed E-state index contributed by atoms with van der Waals surface area (Å²) >= 11 is 1.77. The minimum Gasteiger partial charge on any atom is -0.488 e. The van der Waals surface area contributed by atoms with Crippen molar-refractivity contribution in [2.45, 2.75) is 71.1 Å². The maximum Gasteiger partial charge on any atom is 0.253 e. The number of likely N-dealkylation sites (tertiary alicyclic amines) is 1. The van der Waals surface area contributed by atoms with Crippen LogP contribution in [0.15, 0.2) is 41.8 Å². The van der Waals surface area contributed by atoms with Crippen molar-refractivity contribution < 1.29 is 9.53 Å². The first kappa shape index (κ1) is 27.3. The molecule has 4 heterocycles. The van der Waals surface area contributed by atoms with E-state index >= 15 is 0 Å². The Balaban J connectivity index is 1.16. The average Bonchev–Trinajstić information content (AvgIpc) is 3.54. The van der Waals surface area contributed by atoms with E-state index in [1.54, 1.807) is 11.3 Å². The fourth-order valence-electron chi connectivity index (χ4n) is 6.68. The van der Waals surface area contributed by atoms with Crippen LogP contribution in [-0.4, -0.2) is 66.5 Å². The number of hydrogen-bond donors (Lipinski definition) is 0. The normalized spacial score (nSPS) is 22.7. The van der Waals surface area contributed by atoms with Gasteiger partial charge in [0.25, 0.3) is 5.91 Å². The first-order chi connectivity index (χ1) is 19.4. The Morgan fingerprint density at radius 3 is 2.73 bits per heavy atom. The van der Waals surface area contributed by atoms with E-state index in [9.17, 15) is 4.79 Å². The smallest absolute Gasteiger partial charge is 0.253 e. The van der Waals surface area contributed by atoms with Gasteiger partial charge < -0.3 is 19.4 Å². The van der Waals surface area contributed by atoms with Crippen molar-refractivity contribution in [1.29, 1.82) is 0 Å². The number of piperidine rings is 1. The first-order valence-electron chi connectivity index (χ1n) is 14.9. The summed E-state index contributed by atoms with van der Waals surface area (Å²) in [4.78, 5) is 25.1. The van der Waals surface area contributed by atoms with E-state index in [-0.39, 0.29) is 5.91 Å². The van der Waals surface area contributed by atoms with Gasteiger partial charge >= 0.3 is 0 Å². The molecule has 212 valence electrons. The number of fused-ring (bicyclic) bond motifs is 4. The van der Waals surface area contributed by atoms with Crippen LogP contribution in [0, 0.1) is 19.8 Å². The molecule has 4 aliphatic rings. The van der Waals surface area contributed by atoms with E-state index in [0.29, 0.717) is 18.7 Å². The van der Waals surface area contributed by atoms with Gasteiger partial charge in [-0.3, -0.25) is 4.79 Å². The predicted octanol–water partition coefficient (Wildman–Crippen LogP) is 6.55. The minimum absolute atomic E-state index is 0.123. The molecule has 3 aliphatic heterocycles. The Hall–Kier alpha value is -2.90. The van der Waals surface area contributed by atoms with Crippen LogP contribution in [0.5, 0.6) is 5.75 Å². The first-order valence-corrected chi connectivity index (χ1v) is 15.7. The lowest BCUT2D eigenvalue weighted by molar-refractivity contribution is 0.0783. The van der Waals surface area contributed by atoms with Gasteiger partial charge in [-0.15, -0.1) is 11.3 Å². The number of likely N-dealkylation sites (N-methyl/N-ethyl adjacent to an activating group) is 1. The highest BCUT2D eigenvalue weighted by molar-refractivity contribution is 7.14. The number of anilines is 1. The number of thiazole rings is 1. The molecule has 1 aromatic heterocycles. The topological polar surface area (TPSA) is 48.9 Å². The Morgan fingerprint density at radius 1 is 1.05 bits per heavy atom. The van der Waals surface area contributed by atoms with Crippen LogP contribution in [0.2, 0.25) is 0 Å². The van der Waals surface area contributed by atoms with Crippen LogP contribution in [0.1, 0.15) is 65.6 Å². The molecule has 7 heteroatoms. The summed E-state index contributed by atoms with van der Waals surface area (Å²) in [7, 11) is 4.17. The molecule has 1 saturated carbocycles. The standard InChI is InChI=1S/C33H42N4O2S/c1-22-8-13-31(29(16-22)30-21-40-33(34-30)37-18-24-6-5-7-27(37)12-9-24)39-20-26-11-10-25(17-23(26)2)32(38)36-15-14-28(19-36)35(3)4/h8,10-11,13,16-17,21,24,27-28H,5-7,9,12,14-15,18-20H2,1-4H3/t24?,27?,28-/m1/s1. The molecular formula is C33H42N4O2S. The summed E-state index contributed by atoms with van der Waals surface area (Å²) in [6.07, 6.45) is 7.72. The van der Waals surface area contributed by atoms with E-state index in [1.165, 1.54) is 37.7 Å². The number of aryl methyl sites for hydroxylation is 2. The van der Waals surface area contributed by atoms with Crippen LogP contribution >= 0.6 is 11.3 Å². The van der Waals surface area contributed by atoms with Gasteiger partial charge in [-0.05, 0) is 101 Å². The van der Waals surface area contributed by atoms with Gasteiger partial charge in [0, 0.05) is 48.2 Å². The summed E-state index contributed by atoms with van der Waals surface area (Å²) in [5, 5.41) is 3.35. The Labute approximate surface area is 243 Å². The number of ether oxygens (including phenoxy) is 1. The molecule has 40 heavy (non-hydrogen) atoms. The maximum atomic E-state index is 13.1. The third-order valence-electron chi connectivity index (χ3n) is 9.26. The van der Waals surface area contributed by atoms with Crippen molar-refractivity contribution in [3.8, 4) is 17.0 Å². The van der Waals surface area contributed by atoms with Gasteiger partial charge in [-0.2, -0.15) is 0 Å². The number of benzene rings is 2. The molecular weight excluding hydrogens is 516 g/mol. The van der Waals surface area contributed by atoms with Gasteiger partial charge in [-0.25, -0.2) is 4.98 Å². The van der Waals surface area contributed by atoms with Crippen molar-refractivity contribution in [3.05, 3.63) is 64.0 Å². The highest BCUT2D eigenvalue weighted by atomic mass is 32.1. The molecule has 1 amide bonds. The van der Waals surface area contributed by atoms with E-state index in [2.05, 4.69) is 61.3 Å². The number of hydrogen-bond acceptors (Lipinski definition) is 6. The summed E-state index contributed by atoms with van der Waals surface area (Å²) in [6, 6.07) is 13.5. The number of rotatable bonds is 7. The zero-order chi connectivity index (χ0) is 27.8. The molecule has 3 saturated heterocycles. The molecule has 0 N–H and O–H groups in total. The fourth-order valence-corrected chi connectivity index (χ4v) is 7.59. The third kappa shape index (κ3) is 5.64. The molecule has 4 fully saturated rings. The highest BCUT2D eigenvalue weighted by Crippen LogP contribution is 2.40. The molecule has 2 unspecified atom stereocenters. The molecule has 1 aliphatic carbocycles. The molecule has 6 nitrogen and oxygen atoms in total. The Morgan fingerprint density at radius 2 is 1.93 bits per heavy atom.